The van der Waals surface area contributed by atoms with Gasteiger partial charge in [0.15, 0.2) is 0 Å². The fraction of sp³-hybridized carbons (Fsp3) is 0.300. The third-order valence-electron chi connectivity index (χ3n) is 1.99. The van der Waals surface area contributed by atoms with Gasteiger partial charge in [-0.2, -0.15) is 11.8 Å². The van der Waals surface area contributed by atoms with Gasteiger partial charge in [-0.05, 0) is 31.4 Å². The molecule has 0 heterocycles. The van der Waals surface area contributed by atoms with E-state index in [1.54, 1.807) is 18.2 Å². The third kappa shape index (κ3) is 3.32. The number of halogens is 1. The highest BCUT2D eigenvalue weighted by molar-refractivity contribution is 7.99. The minimum absolute atomic E-state index is 0.0588. The van der Waals surface area contributed by atoms with Gasteiger partial charge in [0.1, 0.15) is 0 Å². The van der Waals surface area contributed by atoms with Gasteiger partial charge >= 0.3 is 0 Å². The van der Waals surface area contributed by atoms with E-state index in [2.05, 4.69) is 5.32 Å². The van der Waals surface area contributed by atoms with Crippen LogP contribution < -0.4 is 11.1 Å². The second-order valence-corrected chi connectivity index (χ2v) is 4.71. The van der Waals surface area contributed by atoms with E-state index in [1.807, 2.05) is 13.2 Å². The predicted octanol–water partition coefficient (Wildman–Crippen LogP) is 2.61. The Kier molecular flexibility index (Phi) is 4.29. The Balaban J connectivity index is 2.77. The number of hydrogen-bond acceptors (Lipinski definition) is 3. The summed E-state index contributed by atoms with van der Waals surface area (Å²) < 4.78 is 0. The average Bonchev–Trinajstić information content (AvgIpc) is 2.20. The molecule has 0 saturated heterocycles. The van der Waals surface area contributed by atoms with Crippen LogP contribution in [0.3, 0.4) is 0 Å². The Hall–Kier alpha value is -0.870. The van der Waals surface area contributed by atoms with Crippen LogP contribution in [0, 0.1) is 0 Å². The first-order chi connectivity index (χ1) is 7.04. The number of amides is 1. The van der Waals surface area contributed by atoms with E-state index in [0.717, 1.165) is 0 Å². The summed E-state index contributed by atoms with van der Waals surface area (Å²) >= 11 is 7.23. The average molecular weight is 245 g/mol. The lowest BCUT2D eigenvalue weighted by Crippen LogP contribution is -2.22. The van der Waals surface area contributed by atoms with Gasteiger partial charge < -0.3 is 11.1 Å². The molecule has 1 unspecified atom stereocenters. The van der Waals surface area contributed by atoms with Crippen molar-refractivity contribution in [3.8, 4) is 0 Å². The molecule has 1 atom stereocenters. The van der Waals surface area contributed by atoms with Crippen LogP contribution in [0.15, 0.2) is 18.2 Å². The molecule has 0 bridgehead atoms. The first-order valence-electron chi connectivity index (χ1n) is 4.43. The maximum absolute atomic E-state index is 11.6. The van der Waals surface area contributed by atoms with Gasteiger partial charge in [0.25, 0.3) is 0 Å². The van der Waals surface area contributed by atoms with Crippen LogP contribution in [0.2, 0.25) is 5.02 Å². The zero-order valence-electron chi connectivity index (χ0n) is 8.58. The summed E-state index contributed by atoms with van der Waals surface area (Å²) in [6.07, 6.45) is 1.88. The Bertz CT molecular complexity index is 370. The second-order valence-electron chi connectivity index (χ2n) is 3.10. The molecule has 0 fully saturated rings. The fourth-order valence-corrected chi connectivity index (χ4v) is 1.44. The number of hydrogen-bond donors (Lipinski definition) is 2. The van der Waals surface area contributed by atoms with Gasteiger partial charge in [0, 0.05) is 5.02 Å². The molecule has 0 aliphatic carbocycles. The largest absolute Gasteiger partial charge is 0.397 e. The lowest BCUT2D eigenvalue weighted by Gasteiger charge is -2.11. The van der Waals surface area contributed by atoms with Crippen LogP contribution in [-0.2, 0) is 4.79 Å². The molecule has 3 nitrogen and oxygen atoms in total. The molecule has 5 heteroatoms. The minimum atomic E-state index is -0.0971. The lowest BCUT2D eigenvalue weighted by atomic mass is 10.2. The maximum Gasteiger partial charge on any atom is 0.237 e. The Morgan fingerprint density at radius 1 is 1.60 bits per heavy atom. The lowest BCUT2D eigenvalue weighted by molar-refractivity contribution is -0.115. The molecular formula is C10H13ClN2OS. The Labute approximate surface area is 98.4 Å². The summed E-state index contributed by atoms with van der Waals surface area (Å²) in [5.74, 6) is -0.0588. The van der Waals surface area contributed by atoms with E-state index < -0.39 is 0 Å². The number of rotatable bonds is 3. The number of anilines is 2. The number of benzene rings is 1. The van der Waals surface area contributed by atoms with Crippen LogP contribution in [-0.4, -0.2) is 17.4 Å². The van der Waals surface area contributed by atoms with Gasteiger partial charge in [-0.3, -0.25) is 4.79 Å². The summed E-state index contributed by atoms with van der Waals surface area (Å²) in [5.41, 5.74) is 6.78. The van der Waals surface area contributed by atoms with E-state index in [9.17, 15) is 4.79 Å². The van der Waals surface area contributed by atoms with Crippen molar-refractivity contribution in [3.63, 3.8) is 0 Å². The number of nitrogen functional groups attached to an aromatic ring is 1. The number of nitrogens with one attached hydrogen (secondary N) is 1. The Morgan fingerprint density at radius 2 is 2.27 bits per heavy atom. The van der Waals surface area contributed by atoms with Crippen molar-refractivity contribution in [2.75, 3.05) is 17.3 Å². The highest BCUT2D eigenvalue weighted by Gasteiger charge is 2.12. The summed E-state index contributed by atoms with van der Waals surface area (Å²) in [6.45, 7) is 1.84. The molecule has 0 radical (unpaired) electrons. The molecule has 0 saturated carbocycles. The molecule has 1 amide bonds. The smallest absolute Gasteiger partial charge is 0.237 e. The van der Waals surface area contributed by atoms with E-state index in [0.29, 0.717) is 16.4 Å². The highest BCUT2D eigenvalue weighted by atomic mass is 35.5. The number of nitrogens with two attached hydrogens (primary N) is 1. The van der Waals surface area contributed by atoms with Gasteiger partial charge in [0.2, 0.25) is 5.91 Å². The SMILES string of the molecule is CSC(C)C(=O)Nc1ccc(Cl)cc1N. The molecule has 1 rings (SSSR count). The van der Waals surface area contributed by atoms with Crippen LogP contribution in [0.5, 0.6) is 0 Å². The second kappa shape index (κ2) is 5.28. The van der Waals surface area contributed by atoms with Crippen molar-refractivity contribution < 1.29 is 4.79 Å². The van der Waals surface area contributed by atoms with Crippen LogP contribution in [0.4, 0.5) is 11.4 Å². The summed E-state index contributed by atoms with van der Waals surface area (Å²) in [5, 5.41) is 3.21. The first kappa shape index (κ1) is 12.2. The molecule has 3 N–H and O–H groups in total. The van der Waals surface area contributed by atoms with Crippen molar-refractivity contribution in [2.24, 2.45) is 0 Å². The normalized spacial score (nSPS) is 12.2. The van der Waals surface area contributed by atoms with Gasteiger partial charge in [-0.25, -0.2) is 0 Å². The van der Waals surface area contributed by atoms with E-state index in [4.69, 9.17) is 17.3 Å². The summed E-state index contributed by atoms with van der Waals surface area (Å²) in [4.78, 5) is 11.6. The first-order valence-corrected chi connectivity index (χ1v) is 6.10. The number of carbonyl (C=O) groups is 1. The van der Waals surface area contributed by atoms with Crippen molar-refractivity contribution in [2.45, 2.75) is 12.2 Å². The minimum Gasteiger partial charge on any atom is -0.397 e. The summed E-state index contributed by atoms with van der Waals surface area (Å²) in [6, 6.07) is 5.00. The number of thioether (sulfide) groups is 1. The molecule has 0 aliphatic rings. The summed E-state index contributed by atoms with van der Waals surface area (Å²) in [7, 11) is 0. The highest BCUT2D eigenvalue weighted by Crippen LogP contribution is 2.23. The van der Waals surface area contributed by atoms with Gasteiger partial charge in [-0.15, -0.1) is 0 Å². The van der Waals surface area contributed by atoms with E-state index in [1.165, 1.54) is 11.8 Å². The molecule has 0 aromatic heterocycles. The molecular weight excluding hydrogens is 232 g/mol. The topological polar surface area (TPSA) is 55.1 Å². The van der Waals surface area contributed by atoms with Gasteiger partial charge in [0.05, 0.1) is 16.6 Å². The molecule has 82 valence electrons. The van der Waals surface area contributed by atoms with E-state index in [-0.39, 0.29) is 11.2 Å². The van der Waals surface area contributed by atoms with Gasteiger partial charge in [-0.1, -0.05) is 11.6 Å². The van der Waals surface area contributed by atoms with Crippen molar-refractivity contribution >= 4 is 40.6 Å². The zero-order valence-corrected chi connectivity index (χ0v) is 10.2. The maximum atomic E-state index is 11.6. The molecule has 0 spiro atoms. The van der Waals surface area contributed by atoms with Crippen LogP contribution in [0.1, 0.15) is 6.92 Å². The molecule has 15 heavy (non-hydrogen) atoms. The van der Waals surface area contributed by atoms with Crippen molar-refractivity contribution in [3.05, 3.63) is 23.2 Å². The fourth-order valence-electron chi connectivity index (χ4n) is 0.989. The van der Waals surface area contributed by atoms with Crippen molar-refractivity contribution in [1.82, 2.24) is 0 Å². The molecule has 1 aromatic carbocycles. The quantitative estimate of drug-likeness (QED) is 0.804. The van der Waals surface area contributed by atoms with Crippen LogP contribution >= 0.6 is 23.4 Å². The standard InChI is InChI=1S/C10H13ClN2OS/c1-6(15-2)10(14)13-9-4-3-7(11)5-8(9)12/h3-6H,12H2,1-2H3,(H,13,14). The van der Waals surface area contributed by atoms with Crippen molar-refractivity contribution in [1.29, 1.82) is 0 Å². The predicted molar refractivity (Wildman–Crippen MR) is 67.5 cm³/mol. The van der Waals surface area contributed by atoms with Crippen LogP contribution in [0.25, 0.3) is 0 Å². The van der Waals surface area contributed by atoms with E-state index >= 15 is 0 Å². The third-order valence-corrected chi connectivity index (χ3v) is 3.15. The monoisotopic (exact) mass is 244 g/mol. The number of carbonyl (C=O) groups excluding carboxylic acids is 1. The molecule has 0 aliphatic heterocycles. The zero-order chi connectivity index (χ0) is 11.4. The Morgan fingerprint density at radius 3 is 2.80 bits per heavy atom. The molecule has 1 aromatic rings.